The lowest BCUT2D eigenvalue weighted by Gasteiger charge is -2.31. The Balaban J connectivity index is 1.35. The van der Waals surface area contributed by atoms with Gasteiger partial charge >= 0.3 is 0 Å². The van der Waals surface area contributed by atoms with Gasteiger partial charge in [0.25, 0.3) is 0 Å². The Bertz CT molecular complexity index is 274. The third kappa shape index (κ3) is 3.08. The van der Waals surface area contributed by atoms with E-state index < -0.39 is 0 Å². The van der Waals surface area contributed by atoms with E-state index in [0.717, 1.165) is 29.8 Å². The summed E-state index contributed by atoms with van der Waals surface area (Å²) < 4.78 is 0. The maximum atomic E-state index is 3.64. The molecule has 3 rings (SSSR count). The highest BCUT2D eigenvalue weighted by Crippen LogP contribution is 2.48. The topological polar surface area (TPSA) is 15.3 Å². The maximum Gasteiger partial charge on any atom is 0.00760 e. The van der Waals surface area contributed by atoms with Crippen LogP contribution in [-0.4, -0.2) is 37.1 Å². The van der Waals surface area contributed by atoms with Crippen molar-refractivity contribution >= 4 is 0 Å². The first kappa shape index (κ1) is 12.9. The molecule has 0 radical (unpaired) electrons. The van der Waals surface area contributed by atoms with Crippen molar-refractivity contribution in [2.75, 3.05) is 20.1 Å². The number of fused-ring (bicyclic) bond motifs is 2. The van der Waals surface area contributed by atoms with Gasteiger partial charge < -0.3 is 10.2 Å². The number of nitrogens with zero attached hydrogens (tertiary/aromatic N) is 1. The lowest BCUT2D eigenvalue weighted by Crippen LogP contribution is -2.37. The van der Waals surface area contributed by atoms with Gasteiger partial charge in [-0.2, -0.15) is 0 Å². The van der Waals surface area contributed by atoms with Crippen molar-refractivity contribution in [1.29, 1.82) is 0 Å². The van der Waals surface area contributed by atoms with Crippen molar-refractivity contribution in [2.24, 2.45) is 17.8 Å². The smallest absolute Gasteiger partial charge is 0.00760 e. The quantitative estimate of drug-likeness (QED) is 0.747. The Morgan fingerprint density at radius 2 is 2.00 bits per heavy atom. The Hall–Kier alpha value is -0.0800. The van der Waals surface area contributed by atoms with Gasteiger partial charge in [-0.3, -0.25) is 0 Å². The van der Waals surface area contributed by atoms with E-state index in [4.69, 9.17) is 0 Å². The number of hydrogen-bond donors (Lipinski definition) is 1. The molecule has 3 fully saturated rings. The van der Waals surface area contributed by atoms with E-state index >= 15 is 0 Å². The van der Waals surface area contributed by atoms with Crippen LogP contribution in [-0.2, 0) is 0 Å². The van der Waals surface area contributed by atoms with Gasteiger partial charge in [0.1, 0.15) is 0 Å². The van der Waals surface area contributed by atoms with Crippen molar-refractivity contribution in [3.8, 4) is 0 Å². The average Bonchev–Trinajstić information content (AvgIpc) is 2.95. The highest BCUT2D eigenvalue weighted by atomic mass is 15.1. The van der Waals surface area contributed by atoms with Crippen molar-refractivity contribution in [2.45, 2.75) is 64.0 Å². The molecule has 3 saturated carbocycles. The fourth-order valence-corrected chi connectivity index (χ4v) is 4.15. The highest BCUT2D eigenvalue weighted by molar-refractivity contribution is 4.91. The predicted octanol–water partition coefficient (Wildman–Crippen LogP) is 2.89. The molecule has 4 atom stereocenters. The Morgan fingerprint density at radius 1 is 1.17 bits per heavy atom. The first-order valence-corrected chi connectivity index (χ1v) is 8.16. The minimum absolute atomic E-state index is 0.746. The average molecular weight is 250 g/mol. The van der Waals surface area contributed by atoms with Crippen molar-refractivity contribution in [3.05, 3.63) is 0 Å². The molecule has 2 bridgehead atoms. The molecule has 3 aliphatic rings. The fourth-order valence-electron chi connectivity index (χ4n) is 4.15. The third-order valence-electron chi connectivity index (χ3n) is 5.73. The molecule has 0 aromatic heterocycles. The van der Waals surface area contributed by atoms with Crippen LogP contribution in [0.4, 0.5) is 0 Å². The lowest BCUT2D eigenvalue weighted by atomic mass is 9.88. The zero-order chi connectivity index (χ0) is 12.5. The molecular formula is C16H30N2. The van der Waals surface area contributed by atoms with Crippen molar-refractivity contribution in [3.63, 3.8) is 0 Å². The van der Waals surface area contributed by atoms with E-state index in [-0.39, 0.29) is 0 Å². The maximum absolute atomic E-state index is 3.64. The second-order valence-electron chi connectivity index (χ2n) is 7.24. The number of hydrogen-bond acceptors (Lipinski definition) is 2. The lowest BCUT2D eigenvalue weighted by molar-refractivity contribution is 0.174. The van der Waals surface area contributed by atoms with Crippen molar-refractivity contribution in [1.82, 2.24) is 10.2 Å². The van der Waals surface area contributed by atoms with E-state index in [0.29, 0.717) is 0 Å². The zero-order valence-corrected chi connectivity index (χ0v) is 12.2. The van der Waals surface area contributed by atoms with Crippen LogP contribution in [0.5, 0.6) is 0 Å². The summed E-state index contributed by atoms with van der Waals surface area (Å²) in [4.78, 5) is 2.62. The van der Waals surface area contributed by atoms with Crippen LogP contribution in [0.1, 0.15) is 51.9 Å². The van der Waals surface area contributed by atoms with E-state index in [1.165, 1.54) is 51.6 Å². The van der Waals surface area contributed by atoms with Crippen LogP contribution in [0.25, 0.3) is 0 Å². The van der Waals surface area contributed by atoms with Crippen LogP contribution in [0.3, 0.4) is 0 Å². The fraction of sp³-hybridized carbons (Fsp3) is 1.00. The molecule has 0 saturated heterocycles. The minimum Gasteiger partial charge on any atom is -0.314 e. The molecule has 1 N–H and O–H groups in total. The summed E-state index contributed by atoms with van der Waals surface area (Å²) in [6.07, 6.45) is 10.3. The van der Waals surface area contributed by atoms with Gasteiger partial charge in [-0.1, -0.05) is 6.42 Å². The van der Waals surface area contributed by atoms with Gasteiger partial charge in [0.2, 0.25) is 0 Å². The summed E-state index contributed by atoms with van der Waals surface area (Å²) in [7, 11) is 2.34. The molecule has 0 aromatic rings. The standard InChI is InChI=1S/C16H30N2/c1-12(7-8-17-16-5-6-16)18(2)11-15-10-13-3-4-14(15)9-13/h12-17H,3-11H2,1-2H3. The molecular weight excluding hydrogens is 220 g/mol. The number of rotatable bonds is 7. The second-order valence-corrected chi connectivity index (χ2v) is 7.24. The summed E-state index contributed by atoms with van der Waals surface area (Å²) >= 11 is 0. The second kappa shape index (κ2) is 5.50. The molecule has 0 aromatic carbocycles. The molecule has 4 unspecified atom stereocenters. The van der Waals surface area contributed by atoms with Crippen LogP contribution in [0.15, 0.2) is 0 Å². The number of nitrogens with one attached hydrogen (secondary N) is 1. The Kier molecular flexibility index (Phi) is 3.95. The molecule has 18 heavy (non-hydrogen) atoms. The van der Waals surface area contributed by atoms with Crippen molar-refractivity contribution < 1.29 is 0 Å². The molecule has 0 aliphatic heterocycles. The van der Waals surface area contributed by atoms with Crippen LogP contribution in [0.2, 0.25) is 0 Å². The summed E-state index contributed by atoms with van der Waals surface area (Å²) in [5, 5.41) is 3.64. The van der Waals surface area contributed by atoms with Gasteiger partial charge in [-0.05, 0) is 76.8 Å². The first-order valence-electron chi connectivity index (χ1n) is 8.16. The monoisotopic (exact) mass is 250 g/mol. The largest absolute Gasteiger partial charge is 0.314 e. The van der Waals surface area contributed by atoms with E-state index in [1.807, 2.05) is 0 Å². The predicted molar refractivity (Wildman–Crippen MR) is 76.7 cm³/mol. The molecule has 0 spiro atoms. The summed E-state index contributed by atoms with van der Waals surface area (Å²) in [5.74, 6) is 3.20. The van der Waals surface area contributed by atoms with Gasteiger partial charge in [0.05, 0.1) is 0 Å². The Labute approximate surface area is 113 Å². The summed E-state index contributed by atoms with van der Waals surface area (Å²) in [5.41, 5.74) is 0. The van der Waals surface area contributed by atoms with Crippen LogP contribution in [0, 0.1) is 17.8 Å². The third-order valence-corrected chi connectivity index (χ3v) is 5.73. The molecule has 2 heteroatoms. The summed E-state index contributed by atoms with van der Waals surface area (Å²) in [6, 6.07) is 1.61. The SMILES string of the molecule is CC(CCNC1CC1)N(C)CC1CC2CCC1C2. The van der Waals surface area contributed by atoms with Gasteiger partial charge in [0, 0.05) is 18.6 Å². The van der Waals surface area contributed by atoms with E-state index in [2.05, 4.69) is 24.2 Å². The van der Waals surface area contributed by atoms with Gasteiger partial charge in [-0.25, -0.2) is 0 Å². The molecule has 0 heterocycles. The first-order chi connectivity index (χ1) is 8.72. The van der Waals surface area contributed by atoms with E-state index in [1.54, 1.807) is 6.42 Å². The van der Waals surface area contributed by atoms with Crippen LogP contribution >= 0.6 is 0 Å². The molecule has 104 valence electrons. The normalized spacial score (nSPS) is 36.5. The van der Waals surface area contributed by atoms with E-state index in [9.17, 15) is 0 Å². The van der Waals surface area contributed by atoms with Gasteiger partial charge in [-0.15, -0.1) is 0 Å². The van der Waals surface area contributed by atoms with Gasteiger partial charge in [0.15, 0.2) is 0 Å². The molecule has 3 aliphatic carbocycles. The molecule has 2 nitrogen and oxygen atoms in total. The minimum atomic E-state index is 0.746. The highest BCUT2D eigenvalue weighted by Gasteiger charge is 2.39. The summed E-state index contributed by atoms with van der Waals surface area (Å²) in [6.45, 7) is 4.97. The molecule has 0 amide bonds. The Morgan fingerprint density at radius 3 is 2.61 bits per heavy atom. The van der Waals surface area contributed by atoms with Crippen LogP contribution < -0.4 is 5.32 Å². The zero-order valence-electron chi connectivity index (χ0n) is 12.2.